The highest BCUT2D eigenvalue weighted by atomic mass is 16.6. The molecule has 1 amide bonds. The van der Waals surface area contributed by atoms with Crippen molar-refractivity contribution in [3.63, 3.8) is 0 Å². The van der Waals surface area contributed by atoms with Crippen LogP contribution in [0.15, 0.2) is 42.5 Å². The van der Waals surface area contributed by atoms with E-state index in [1.165, 1.54) is 18.2 Å². The van der Waals surface area contributed by atoms with Gasteiger partial charge in [-0.15, -0.1) is 0 Å². The minimum atomic E-state index is -0.461. The second-order valence-corrected chi connectivity index (χ2v) is 5.00. The Labute approximate surface area is 139 Å². The molecule has 0 unspecified atom stereocenters. The minimum Gasteiger partial charge on any atom is -0.494 e. The van der Waals surface area contributed by atoms with Gasteiger partial charge in [-0.05, 0) is 50.2 Å². The molecule has 2 aromatic carbocycles. The van der Waals surface area contributed by atoms with Gasteiger partial charge in [0.15, 0.2) is 6.61 Å². The Balaban J connectivity index is 1.89. The SMILES string of the molecule is CCOc1ccc(NC(=O)COc2ccc([N+](=O)[O-])c(C)c2)cc1. The first kappa shape index (κ1) is 17.3. The molecule has 0 atom stereocenters. The van der Waals surface area contributed by atoms with Crippen molar-refractivity contribution >= 4 is 17.3 Å². The number of nitrogens with one attached hydrogen (secondary N) is 1. The molecule has 0 radical (unpaired) electrons. The van der Waals surface area contributed by atoms with Gasteiger partial charge >= 0.3 is 0 Å². The summed E-state index contributed by atoms with van der Waals surface area (Å²) in [5, 5.41) is 13.5. The molecule has 0 saturated heterocycles. The Morgan fingerprint density at radius 3 is 2.38 bits per heavy atom. The smallest absolute Gasteiger partial charge is 0.272 e. The van der Waals surface area contributed by atoms with Crippen molar-refractivity contribution in [1.29, 1.82) is 0 Å². The summed E-state index contributed by atoms with van der Waals surface area (Å²) in [6.07, 6.45) is 0. The van der Waals surface area contributed by atoms with Gasteiger partial charge in [-0.3, -0.25) is 14.9 Å². The second kappa shape index (κ2) is 7.96. The fourth-order valence-corrected chi connectivity index (χ4v) is 2.07. The zero-order chi connectivity index (χ0) is 17.5. The van der Waals surface area contributed by atoms with Crippen LogP contribution in [0.3, 0.4) is 0 Å². The second-order valence-electron chi connectivity index (χ2n) is 5.00. The Bertz CT molecular complexity index is 728. The van der Waals surface area contributed by atoms with Crippen molar-refractivity contribution in [2.45, 2.75) is 13.8 Å². The summed E-state index contributed by atoms with van der Waals surface area (Å²) in [6.45, 7) is 3.90. The summed E-state index contributed by atoms with van der Waals surface area (Å²) in [4.78, 5) is 22.2. The number of hydrogen-bond acceptors (Lipinski definition) is 5. The number of aryl methyl sites for hydroxylation is 1. The highest BCUT2D eigenvalue weighted by Crippen LogP contribution is 2.23. The number of carbonyl (C=O) groups is 1. The van der Waals surface area contributed by atoms with E-state index in [1.54, 1.807) is 31.2 Å². The van der Waals surface area contributed by atoms with Crippen LogP contribution in [0.1, 0.15) is 12.5 Å². The molecule has 0 heterocycles. The summed E-state index contributed by atoms with van der Waals surface area (Å²) in [5.74, 6) is 0.809. The molecule has 0 aromatic heterocycles. The normalized spacial score (nSPS) is 10.1. The maximum Gasteiger partial charge on any atom is 0.272 e. The zero-order valence-corrected chi connectivity index (χ0v) is 13.4. The van der Waals surface area contributed by atoms with Crippen LogP contribution in [0.25, 0.3) is 0 Å². The average Bonchev–Trinajstić information content (AvgIpc) is 2.55. The van der Waals surface area contributed by atoms with Crippen molar-refractivity contribution in [3.8, 4) is 11.5 Å². The predicted molar refractivity (Wildman–Crippen MR) is 89.6 cm³/mol. The van der Waals surface area contributed by atoms with Crippen LogP contribution in [0.4, 0.5) is 11.4 Å². The molecule has 2 aromatic rings. The van der Waals surface area contributed by atoms with Crippen LogP contribution in [0.2, 0.25) is 0 Å². The van der Waals surface area contributed by atoms with E-state index in [2.05, 4.69) is 5.32 Å². The third-order valence-electron chi connectivity index (χ3n) is 3.18. The standard InChI is InChI=1S/C17H18N2O5/c1-3-23-14-6-4-13(5-7-14)18-17(20)11-24-15-8-9-16(19(21)22)12(2)10-15/h4-10H,3,11H2,1-2H3,(H,18,20). The van der Waals surface area contributed by atoms with E-state index < -0.39 is 4.92 Å². The van der Waals surface area contributed by atoms with Gasteiger partial charge in [-0.25, -0.2) is 0 Å². The summed E-state index contributed by atoms with van der Waals surface area (Å²) in [6, 6.07) is 11.4. The summed E-state index contributed by atoms with van der Waals surface area (Å²) in [7, 11) is 0. The number of anilines is 1. The molecule has 0 spiro atoms. The first-order valence-corrected chi connectivity index (χ1v) is 7.40. The van der Waals surface area contributed by atoms with Crippen molar-refractivity contribution in [1.82, 2.24) is 0 Å². The summed E-state index contributed by atoms with van der Waals surface area (Å²) < 4.78 is 10.7. The van der Waals surface area contributed by atoms with E-state index in [0.717, 1.165) is 5.75 Å². The Morgan fingerprint density at radius 2 is 1.79 bits per heavy atom. The van der Waals surface area contributed by atoms with Gasteiger partial charge in [-0.1, -0.05) is 0 Å². The van der Waals surface area contributed by atoms with Gasteiger partial charge in [0.25, 0.3) is 11.6 Å². The van der Waals surface area contributed by atoms with E-state index in [-0.39, 0.29) is 18.2 Å². The van der Waals surface area contributed by atoms with Crippen LogP contribution in [-0.4, -0.2) is 24.0 Å². The number of benzene rings is 2. The lowest BCUT2D eigenvalue weighted by Crippen LogP contribution is -2.20. The molecule has 7 heteroatoms. The largest absolute Gasteiger partial charge is 0.494 e. The fraction of sp³-hybridized carbons (Fsp3) is 0.235. The zero-order valence-electron chi connectivity index (χ0n) is 13.4. The van der Waals surface area contributed by atoms with Crippen molar-refractivity contribution in [2.24, 2.45) is 0 Å². The number of carbonyl (C=O) groups excluding carboxylic acids is 1. The number of amides is 1. The lowest BCUT2D eigenvalue weighted by atomic mass is 10.2. The summed E-state index contributed by atoms with van der Waals surface area (Å²) in [5.41, 5.74) is 1.12. The van der Waals surface area contributed by atoms with E-state index in [9.17, 15) is 14.9 Å². The van der Waals surface area contributed by atoms with Crippen LogP contribution < -0.4 is 14.8 Å². The number of hydrogen-bond donors (Lipinski definition) is 1. The number of nitrogens with zero attached hydrogens (tertiary/aromatic N) is 1. The van der Waals surface area contributed by atoms with Crippen molar-refractivity contribution < 1.29 is 19.2 Å². The van der Waals surface area contributed by atoms with E-state index in [0.29, 0.717) is 23.6 Å². The fourth-order valence-electron chi connectivity index (χ4n) is 2.07. The Hall–Kier alpha value is -3.09. The maximum absolute atomic E-state index is 11.9. The Morgan fingerprint density at radius 1 is 1.12 bits per heavy atom. The maximum atomic E-state index is 11.9. The molecule has 0 fully saturated rings. The van der Waals surface area contributed by atoms with Gasteiger partial charge < -0.3 is 14.8 Å². The number of rotatable bonds is 7. The number of nitro benzene ring substituents is 1. The third kappa shape index (κ3) is 4.70. The van der Waals surface area contributed by atoms with E-state index in [4.69, 9.17) is 9.47 Å². The van der Waals surface area contributed by atoms with Crippen LogP contribution >= 0.6 is 0 Å². The van der Waals surface area contributed by atoms with Crippen LogP contribution in [0.5, 0.6) is 11.5 Å². The molecule has 0 bridgehead atoms. The molecule has 0 aliphatic heterocycles. The molecule has 1 N–H and O–H groups in total. The first-order valence-electron chi connectivity index (χ1n) is 7.40. The number of ether oxygens (including phenoxy) is 2. The molecule has 0 saturated carbocycles. The molecule has 7 nitrogen and oxygen atoms in total. The molecular weight excluding hydrogens is 312 g/mol. The summed E-state index contributed by atoms with van der Waals surface area (Å²) >= 11 is 0. The molecular formula is C17H18N2O5. The highest BCUT2D eigenvalue weighted by molar-refractivity contribution is 5.91. The van der Waals surface area contributed by atoms with Gasteiger partial charge in [0.1, 0.15) is 11.5 Å². The van der Waals surface area contributed by atoms with Gasteiger partial charge in [0, 0.05) is 17.3 Å². The van der Waals surface area contributed by atoms with Crippen LogP contribution in [0, 0.1) is 17.0 Å². The minimum absolute atomic E-state index is 0.0150. The van der Waals surface area contributed by atoms with Gasteiger partial charge in [0.2, 0.25) is 0 Å². The van der Waals surface area contributed by atoms with Crippen LogP contribution in [-0.2, 0) is 4.79 Å². The predicted octanol–water partition coefficient (Wildman–Crippen LogP) is 3.32. The topological polar surface area (TPSA) is 90.7 Å². The average molecular weight is 330 g/mol. The molecule has 2 rings (SSSR count). The van der Waals surface area contributed by atoms with E-state index in [1.807, 2.05) is 6.92 Å². The quantitative estimate of drug-likeness (QED) is 0.621. The van der Waals surface area contributed by atoms with Gasteiger partial charge in [0.05, 0.1) is 11.5 Å². The first-order chi connectivity index (χ1) is 11.5. The lowest BCUT2D eigenvalue weighted by Gasteiger charge is -2.09. The monoisotopic (exact) mass is 330 g/mol. The molecule has 24 heavy (non-hydrogen) atoms. The molecule has 0 aliphatic carbocycles. The van der Waals surface area contributed by atoms with Crippen molar-refractivity contribution in [2.75, 3.05) is 18.5 Å². The third-order valence-corrected chi connectivity index (χ3v) is 3.18. The lowest BCUT2D eigenvalue weighted by molar-refractivity contribution is -0.385. The molecule has 126 valence electrons. The number of nitro groups is 1. The van der Waals surface area contributed by atoms with E-state index >= 15 is 0 Å². The Kier molecular flexibility index (Phi) is 5.73. The highest BCUT2D eigenvalue weighted by Gasteiger charge is 2.11. The molecule has 0 aliphatic rings. The van der Waals surface area contributed by atoms with Gasteiger partial charge in [-0.2, -0.15) is 0 Å². The van der Waals surface area contributed by atoms with Crippen molar-refractivity contribution in [3.05, 3.63) is 58.1 Å².